The third-order valence-corrected chi connectivity index (χ3v) is 7.58. The van der Waals surface area contributed by atoms with Crippen LogP contribution in [0.2, 0.25) is 0 Å². The first-order chi connectivity index (χ1) is 18.8. The Morgan fingerprint density at radius 1 is 0.658 bits per heavy atom. The number of fused-ring (bicyclic) bond motifs is 6. The van der Waals surface area contributed by atoms with Crippen molar-refractivity contribution in [2.45, 2.75) is 6.17 Å². The van der Waals surface area contributed by atoms with Crippen LogP contribution in [-0.2, 0) is 0 Å². The van der Waals surface area contributed by atoms with Gasteiger partial charge in [-0.25, -0.2) is 4.98 Å². The molecule has 180 valence electrons. The summed E-state index contributed by atoms with van der Waals surface area (Å²) in [5, 5.41) is 6.13. The van der Waals surface area contributed by atoms with Crippen LogP contribution < -0.4 is 10.2 Å². The fourth-order valence-electron chi connectivity index (χ4n) is 5.77. The second-order valence-electron chi connectivity index (χ2n) is 9.81. The van der Waals surface area contributed by atoms with Crippen LogP contribution in [0.1, 0.15) is 11.7 Å². The zero-order valence-electron chi connectivity index (χ0n) is 20.6. The standard InChI is InChI=1S/C34H24N4/c1-2-12-27(13-3-1)38-31-16-7-6-15-29(31)35-33(38)26-11-8-10-24(21-26)25-17-18-30-32(22-25)37-20-19-23-9-4-5-14-28(23)34(37)36-30/h1-22,33,35H. The predicted molar refractivity (Wildman–Crippen MR) is 157 cm³/mol. The van der Waals surface area contributed by atoms with Gasteiger partial charge in [0.25, 0.3) is 0 Å². The topological polar surface area (TPSA) is 32.6 Å². The number of hydrogen-bond acceptors (Lipinski definition) is 3. The van der Waals surface area contributed by atoms with E-state index >= 15 is 0 Å². The summed E-state index contributed by atoms with van der Waals surface area (Å²) in [4.78, 5) is 7.35. The smallest absolute Gasteiger partial charge is 0.145 e. The van der Waals surface area contributed by atoms with Crippen LogP contribution in [0.4, 0.5) is 17.1 Å². The number of hydrogen-bond donors (Lipinski definition) is 1. The molecule has 4 nitrogen and oxygen atoms in total. The van der Waals surface area contributed by atoms with Gasteiger partial charge in [-0.15, -0.1) is 0 Å². The van der Waals surface area contributed by atoms with E-state index < -0.39 is 0 Å². The highest BCUT2D eigenvalue weighted by atomic mass is 15.3. The van der Waals surface area contributed by atoms with Gasteiger partial charge in [-0.05, 0) is 70.6 Å². The predicted octanol–water partition coefficient (Wildman–Crippen LogP) is 8.57. The largest absolute Gasteiger partial charge is 0.359 e. The lowest BCUT2D eigenvalue weighted by Gasteiger charge is -2.27. The molecule has 2 aromatic heterocycles. The highest BCUT2D eigenvalue weighted by Crippen LogP contribution is 2.46. The summed E-state index contributed by atoms with van der Waals surface area (Å²) in [6, 6.07) is 45.2. The summed E-state index contributed by atoms with van der Waals surface area (Å²) < 4.78 is 2.21. The Morgan fingerprint density at radius 2 is 1.47 bits per heavy atom. The van der Waals surface area contributed by atoms with Gasteiger partial charge >= 0.3 is 0 Å². The summed E-state index contributed by atoms with van der Waals surface area (Å²) in [6.45, 7) is 0. The van der Waals surface area contributed by atoms with E-state index in [2.05, 4.69) is 148 Å². The zero-order valence-corrected chi connectivity index (χ0v) is 20.6. The first kappa shape index (κ1) is 21.0. The van der Waals surface area contributed by atoms with Crippen LogP contribution in [-0.4, -0.2) is 9.38 Å². The molecule has 1 unspecified atom stereocenters. The number of aromatic nitrogens is 2. The maximum absolute atomic E-state index is 4.97. The molecule has 0 saturated carbocycles. The molecule has 0 fully saturated rings. The Balaban J connectivity index is 1.24. The molecule has 0 radical (unpaired) electrons. The minimum atomic E-state index is 0.000595. The van der Waals surface area contributed by atoms with E-state index in [0.29, 0.717) is 0 Å². The van der Waals surface area contributed by atoms with Crippen LogP contribution in [0.5, 0.6) is 0 Å². The van der Waals surface area contributed by atoms with Crippen molar-refractivity contribution in [3.05, 3.63) is 139 Å². The van der Waals surface area contributed by atoms with E-state index in [1.54, 1.807) is 0 Å². The van der Waals surface area contributed by atoms with Crippen molar-refractivity contribution in [3.63, 3.8) is 0 Å². The lowest BCUT2D eigenvalue weighted by atomic mass is 10.0. The maximum atomic E-state index is 4.97. The van der Waals surface area contributed by atoms with Crippen LogP contribution in [0.15, 0.2) is 134 Å². The Kier molecular flexibility index (Phi) is 4.55. The number of anilines is 3. The average molecular weight is 489 g/mol. The van der Waals surface area contributed by atoms with Gasteiger partial charge in [0.05, 0.1) is 22.4 Å². The number of nitrogens with one attached hydrogen (secondary N) is 1. The van der Waals surface area contributed by atoms with Crippen LogP contribution in [0.25, 0.3) is 38.6 Å². The molecule has 0 bridgehead atoms. The zero-order chi connectivity index (χ0) is 25.1. The van der Waals surface area contributed by atoms with Crippen molar-refractivity contribution in [1.29, 1.82) is 0 Å². The molecule has 0 saturated heterocycles. The molecule has 1 N–H and O–H groups in total. The summed E-state index contributed by atoms with van der Waals surface area (Å²) in [7, 11) is 0. The minimum Gasteiger partial charge on any atom is -0.359 e. The molecule has 38 heavy (non-hydrogen) atoms. The summed E-state index contributed by atoms with van der Waals surface area (Å²) in [6.07, 6.45) is 2.13. The molecule has 3 heterocycles. The third-order valence-electron chi connectivity index (χ3n) is 7.58. The number of rotatable bonds is 3. The second kappa shape index (κ2) is 8.22. The third kappa shape index (κ3) is 3.20. The van der Waals surface area contributed by atoms with E-state index in [1.807, 2.05) is 0 Å². The molecule has 5 aromatic carbocycles. The Morgan fingerprint density at radius 3 is 2.42 bits per heavy atom. The monoisotopic (exact) mass is 488 g/mol. The van der Waals surface area contributed by atoms with Crippen LogP contribution >= 0.6 is 0 Å². The minimum absolute atomic E-state index is 0.000595. The van der Waals surface area contributed by atoms with Crippen molar-refractivity contribution >= 4 is 44.5 Å². The molecule has 1 atom stereocenters. The molecular weight excluding hydrogens is 464 g/mol. The molecule has 1 aliphatic rings. The molecule has 4 heteroatoms. The van der Waals surface area contributed by atoms with Crippen LogP contribution in [0, 0.1) is 0 Å². The van der Waals surface area contributed by atoms with Gasteiger partial charge in [0.2, 0.25) is 0 Å². The normalized spacial score (nSPS) is 14.7. The fraction of sp³-hybridized carbons (Fsp3) is 0.0294. The van der Waals surface area contributed by atoms with Gasteiger partial charge in [-0.2, -0.15) is 0 Å². The lowest BCUT2D eigenvalue weighted by molar-refractivity contribution is 0.828. The molecule has 8 rings (SSSR count). The number of para-hydroxylation sites is 3. The molecule has 1 aliphatic heterocycles. The van der Waals surface area contributed by atoms with Gasteiger partial charge in [0.15, 0.2) is 0 Å². The van der Waals surface area contributed by atoms with E-state index in [0.717, 1.165) is 22.4 Å². The summed E-state index contributed by atoms with van der Waals surface area (Å²) in [5.41, 5.74) is 10.2. The Hall–Kier alpha value is -5.09. The fourth-order valence-corrected chi connectivity index (χ4v) is 5.77. The van der Waals surface area contributed by atoms with Gasteiger partial charge in [0.1, 0.15) is 11.8 Å². The highest BCUT2D eigenvalue weighted by Gasteiger charge is 2.31. The summed E-state index contributed by atoms with van der Waals surface area (Å²) >= 11 is 0. The maximum Gasteiger partial charge on any atom is 0.145 e. The van der Waals surface area contributed by atoms with E-state index in [9.17, 15) is 0 Å². The van der Waals surface area contributed by atoms with E-state index in [1.165, 1.54) is 38.8 Å². The summed E-state index contributed by atoms with van der Waals surface area (Å²) in [5.74, 6) is 0. The number of imidazole rings is 1. The average Bonchev–Trinajstić information content (AvgIpc) is 3.56. The Bertz CT molecular complexity index is 1970. The van der Waals surface area contributed by atoms with Gasteiger partial charge in [-0.1, -0.05) is 78.9 Å². The molecule has 7 aromatic rings. The number of pyridine rings is 1. The van der Waals surface area contributed by atoms with Crippen molar-refractivity contribution in [1.82, 2.24) is 9.38 Å². The molecule has 0 aliphatic carbocycles. The molecule has 0 spiro atoms. The van der Waals surface area contributed by atoms with Gasteiger partial charge in [-0.3, -0.25) is 4.40 Å². The first-order valence-corrected chi connectivity index (χ1v) is 12.9. The number of benzene rings is 5. The van der Waals surface area contributed by atoms with Crippen molar-refractivity contribution in [2.24, 2.45) is 0 Å². The van der Waals surface area contributed by atoms with Crippen molar-refractivity contribution in [2.75, 3.05) is 10.2 Å². The molecular formula is C34H24N4. The second-order valence-corrected chi connectivity index (χ2v) is 9.81. The number of nitrogens with zero attached hydrogens (tertiary/aromatic N) is 3. The van der Waals surface area contributed by atoms with Crippen molar-refractivity contribution < 1.29 is 0 Å². The first-order valence-electron chi connectivity index (χ1n) is 12.9. The lowest BCUT2D eigenvalue weighted by Crippen LogP contribution is -2.23. The molecule has 0 amide bonds. The van der Waals surface area contributed by atoms with Gasteiger partial charge in [0, 0.05) is 17.3 Å². The van der Waals surface area contributed by atoms with E-state index in [-0.39, 0.29) is 6.17 Å². The SMILES string of the molecule is c1ccc(N2c3ccccc3NC2c2cccc(-c3ccc4nc5c6ccccc6ccn5c4c3)c2)cc1. The van der Waals surface area contributed by atoms with Crippen molar-refractivity contribution in [3.8, 4) is 11.1 Å². The Labute approximate surface area is 220 Å². The van der Waals surface area contributed by atoms with Gasteiger partial charge < -0.3 is 10.2 Å². The van der Waals surface area contributed by atoms with E-state index in [4.69, 9.17) is 4.98 Å². The highest BCUT2D eigenvalue weighted by molar-refractivity contribution is 5.98. The van der Waals surface area contributed by atoms with Crippen LogP contribution in [0.3, 0.4) is 0 Å². The quantitative estimate of drug-likeness (QED) is 0.270.